The highest BCUT2D eigenvalue weighted by atomic mass is 79.9. The van der Waals surface area contributed by atoms with Gasteiger partial charge in [0.2, 0.25) is 0 Å². The quantitative estimate of drug-likeness (QED) is 0.739. The zero-order valence-electron chi connectivity index (χ0n) is 10.0. The molecule has 0 N–H and O–H groups in total. The summed E-state index contributed by atoms with van der Waals surface area (Å²) in [5, 5.41) is 0. The number of benzene rings is 1. The normalized spacial score (nSPS) is 12.3. The molecule has 0 aliphatic heterocycles. The fourth-order valence-electron chi connectivity index (χ4n) is 2.03. The van der Waals surface area contributed by atoms with Gasteiger partial charge in [-0.25, -0.2) is 0 Å². The van der Waals surface area contributed by atoms with Gasteiger partial charge in [0.25, 0.3) is 0 Å². The Bertz CT molecular complexity index is 487. The van der Waals surface area contributed by atoms with Crippen molar-refractivity contribution in [2.75, 3.05) is 5.88 Å². The summed E-state index contributed by atoms with van der Waals surface area (Å²) >= 11 is 9.52. The van der Waals surface area contributed by atoms with E-state index in [0.29, 0.717) is 11.8 Å². The first-order valence-electron chi connectivity index (χ1n) is 5.97. The van der Waals surface area contributed by atoms with Crippen molar-refractivity contribution in [2.24, 2.45) is 5.92 Å². The smallest absolute Gasteiger partial charge is 0.0410 e. The van der Waals surface area contributed by atoms with E-state index in [2.05, 4.69) is 51.2 Å². The molecule has 2 rings (SSSR count). The van der Waals surface area contributed by atoms with Crippen LogP contribution in [0.25, 0.3) is 0 Å². The molecule has 2 aromatic rings. The van der Waals surface area contributed by atoms with Crippen LogP contribution in [0.3, 0.4) is 0 Å². The maximum Gasteiger partial charge on any atom is 0.0410 e. The van der Waals surface area contributed by atoms with E-state index in [1.54, 1.807) is 6.20 Å². The van der Waals surface area contributed by atoms with Crippen LogP contribution >= 0.6 is 27.5 Å². The average molecular weight is 325 g/mol. The zero-order valence-corrected chi connectivity index (χ0v) is 12.4. The minimum atomic E-state index is 0.449. The van der Waals surface area contributed by atoms with Crippen LogP contribution < -0.4 is 0 Å². The molecular formula is C15H15BrClN. The first-order valence-corrected chi connectivity index (χ1v) is 7.30. The third kappa shape index (κ3) is 4.11. The van der Waals surface area contributed by atoms with Gasteiger partial charge in [-0.3, -0.25) is 4.98 Å². The highest BCUT2D eigenvalue weighted by Gasteiger charge is 2.10. The van der Waals surface area contributed by atoms with Gasteiger partial charge in [-0.2, -0.15) is 0 Å². The summed E-state index contributed by atoms with van der Waals surface area (Å²) in [6, 6.07) is 12.6. The molecule has 0 aliphatic carbocycles. The van der Waals surface area contributed by atoms with Crippen LogP contribution in [0.15, 0.2) is 53.3 Å². The molecule has 0 saturated carbocycles. The second-order valence-electron chi connectivity index (χ2n) is 4.43. The summed E-state index contributed by atoms with van der Waals surface area (Å²) in [5.41, 5.74) is 2.57. The number of aromatic nitrogens is 1. The van der Waals surface area contributed by atoms with Gasteiger partial charge in [0, 0.05) is 22.7 Å². The van der Waals surface area contributed by atoms with Crippen LogP contribution in [0, 0.1) is 5.92 Å². The van der Waals surface area contributed by atoms with Gasteiger partial charge < -0.3 is 0 Å². The second-order valence-corrected chi connectivity index (χ2v) is 5.65. The third-order valence-electron chi connectivity index (χ3n) is 2.87. The van der Waals surface area contributed by atoms with Crippen molar-refractivity contribution in [1.29, 1.82) is 0 Å². The van der Waals surface area contributed by atoms with E-state index in [1.807, 2.05) is 12.3 Å². The molecule has 94 valence electrons. The minimum Gasteiger partial charge on any atom is -0.263 e. The summed E-state index contributed by atoms with van der Waals surface area (Å²) in [6.45, 7) is 0. The lowest BCUT2D eigenvalue weighted by atomic mass is 9.95. The van der Waals surface area contributed by atoms with Crippen molar-refractivity contribution in [1.82, 2.24) is 4.98 Å². The number of alkyl halides is 1. The number of hydrogen-bond acceptors (Lipinski definition) is 1. The van der Waals surface area contributed by atoms with Gasteiger partial charge in [0.15, 0.2) is 0 Å². The minimum absolute atomic E-state index is 0.449. The predicted octanol–water partition coefficient (Wildman–Crippen LogP) is 4.48. The maximum absolute atomic E-state index is 6.08. The monoisotopic (exact) mass is 323 g/mol. The van der Waals surface area contributed by atoms with Crippen molar-refractivity contribution < 1.29 is 0 Å². The van der Waals surface area contributed by atoms with E-state index in [0.717, 1.165) is 17.3 Å². The van der Waals surface area contributed by atoms with Crippen molar-refractivity contribution in [3.05, 3.63) is 64.4 Å². The lowest BCUT2D eigenvalue weighted by Gasteiger charge is -2.14. The van der Waals surface area contributed by atoms with Crippen molar-refractivity contribution in [3.63, 3.8) is 0 Å². The Kier molecular flexibility index (Phi) is 5.21. The van der Waals surface area contributed by atoms with Crippen LogP contribution in [0.2, 0.25) is 0 Å². The van der Waals surface area contributed by atoms with E-state index in [-0.39, 0.29) is 0 Å². The van der Waals surface area contributed by atoms with Gasteiger partial charge in [0.1, 0.15) is 0 Å². The molecule has 1 aromatic carbocycles. The molecule has 1 nitrogen and oxygen atoms in total. The van der Waals surface area contributed by atoms with Gasteiger partial charge in [0.05, 0.1) is 0 Å². The topological polar surface area (TPSA) is 12.9 Å². The Hall–Kier alpha value is -0.860. The van der Waals surface area contributed by atoms with E-state index in [1.165, 1.54) is 11.1 Å². The van der Waals surface area contributed by atoms with Crippen LogP contribution in [0.4, 0.5) is 0 Å². The maximum atomic E-state index is 6.08. The molecule has 0 fully saturated rings. The molecule has 0 bridgehead atoms. The number of nitrogens with zero attached hydrogens (tertiary/aromatic N) is 1. The number of hydrogen-bond donors (Lipinski definition) is 0. The van der Waals surface area contributed by atoms with Crippen molar-refractivity contribution in [2.45, 2.75) is 12.8 Å². The van der Waals surface area contributed by atoms with Crippen molar-refractivity contribution >= 4 is 27.5 Å². The SMILES string of the molecule is ClCC(Cc1ccccc1)Cc1cncc(Br)c1. The first-order chi connectivity index (χ1) is 8.78. The van der Waals surface area contributed by atoms with Gasteiger partial charge >= 0.3 is 0 Å². The molecule has 1 unspecified atom stereocenters. The Morgan fingerprint density at radius 3 is 2.44 bits per heavy atom. The Labute approximate surface area is 121 Å². The van der Waals surface area contributed by atoms with Crippen LogP contribution in [0.1, 0.15) is 11.1 Å². The zero-order chi connectivity index (χ0) is 12.8. The van der Waals surface area contributed by atoms with Crippen LogP contribution in [-0.2, 0) is 12.8 Å². The van der Waals surface area contributed by atoms with Crippen LogP contribution in [-0.4, -0.2) is 10.9 Å². The third-order valence-corrected chi connectivity index (χ3v) is 3.74. The fraction of sp³-hybridized carbons (Fsp3) is 0.267. The Morgan fingerprint density at radius 2 is 1.78 bits per heavy atom. The van der Waals surface area contributed by atoms with Gasteiger partial charge in [-0.05, 0) is 51.9 Å². The molecule has 0 saturated heterocycles. The summed E-state index contributed by atoms with van der Waals surface area (Å²) in [4.78, 5) is 4.19. The molecule has 0 aliphatic rings. The standard InChI is InChI=1S/C15H15BrClN/c16-15-8-14(10-18-11-15)7-13(9-17)6-12-4-2-1-3-5-12/h1-5,8,10-11,13H,6-7,9H2. The van der Waals surface area contributed by atoms with E-state index in [9.17, 15) is 0 Å². The molecule has 1 heterocycles. The average Bonchev–Trinajstić information content (AvgIpc) is 2.39. The molecule has 3 heteroatoms. The largest absolute Gasteiger partial charge is 0.263 e. The summed E-state index contributed by atoms with van der Waals surface area (Å²) in [5.74, 6) is 1.12. The molecule has 0 spiro atoms. The first kappa shape index (κ1) is 13.6. The molecule has 0 radical (unpaired) electrons. The molecule has 0 amide bonds. The highest BCUT2D eigenvalue weighted by Crippen LogP contribution is 2.18. The van der Waals surface area contributed by atoms with Gasteiger partial charge in [-0.15, -0.1) is 11.6 Å². The summed E-state index contributed by atoms with van der Waals surface area (Å²) < 4.78 is 1.02. The predicted molar refractivity (Wildman–Crippen MR) is 80.0 cm³/mol. The molecule has 1 aromatic heterocycles. The Morgan fingerprint density at radius 1 is 1.06 bits per heavy atom. The summed E-state index contributed by atoms with van der Waals surface area (Å²) in [7, 11) is 0. The second kappa shape index (κ2) is 6.91. The molecule has 1 atom stereocenters. The molecular weight excluding hydrogens is 310 g/mol. The molecule has 18 heavy (non-hydrogen) atoms. The van der Waals surface area contributed by atoms with E-state index in [4.69, 9.17) is 11.6 Å². The number of halogens is 2. The lowest BCUT2D eigenvalue weighted by Crippen LogP contribution is -2.10. The fourth-order valence-corrected chi connectivity index (χ4v) is 2.66. The van der Waals surface area contributed by atoms with Gasteiger partial charge in [-0.1, -0.05) is 30.3 Å². The van der Waals surface area contributed by atoms with Crippen molar-refractivity contribution in [3.8, 4) is 0 Å². The lowest BCUT2D eigenvalue weighted by molar-refractivity contribution is 0.582. The summed E-state index contributed by atoms with van der Waals surface area (Å²) in [6.07, 6.45) is 5.69. The van der Waals surface area contributed by atoms with Crippen LogP contribution in [0.5, 0.6) is 0 Å². The number of rotatable bonds is 5. The van der Waals surface area contributed by atoms with E-state index < -0.39 is 0 Å². The Balaban J connectivity index is 2.01. The number of pyridine rings is 1. The van der Waals surface area contributed by atoms with E-state index >= 15 is 0 Å². The highest BCUT2D eigenvalue weighted by molar-refractivity contribution is 9.10.